The van der Waals surface area contributed by atoms with Crippen LogP contribution in [0.2, 0.25) is 0 Å². The monoisotopic (exact) mass is 412 g/mol. The highest BCUT2D eigenvalue weighted by atomic mass is 19.3. The van der Waals surface area contributed by atoms with Gasteiger partial charge in [-0.15, -0.1) is 0 Å². The number of halogens is 4. The average Bonchev–Trinajstić information content (AvgIpc) is 3.03. The SMILES string of the molecule is CNc1nccc2c1CN(C(C)c1cnc(OCC(F)(F)C(F)F)c(C)c1)C2=O. The Morgan fingerprint density at radius 2 is 2.07 bits per heavy atom. The van der Waals surface area contributed by atoms with Crippen LogP contribution in [0.15, 0.2) is 24.5 Å². The van der Waals surface area contributed by atoms with E-state index >= 15 is 0 Å². The number of pyridine rings is 2. The zero-order chi connectivity index (χ0) is 21.3. The summed E-state index contributed by atoms with van der Waals surface area (Å²) in [5.41, 5.74) is 2.43. The van der Waals surface area contributed by atoms with E-state index in [4.69, 9.17) is 4.74 Å². The largest absolute Gasteiger partial charge is 0.471 e. The molecular formula is C19H20F4N4O2. The average molecular weight is 412 g/mol. The molecule has 1 aliphatic rings. The fraction of sp³-hybridized carbons (Fsp3) is 0.421. The third-order valence-electron chi connectivity index (χ3n) is 4.83. The minimum atomic E-state index is -4.26. The van der Waals surface area contributed by atoms with Gasteiger partial charge in [-0.2, -0.15) is 8.78 Å². The molecule has 3 rings (SSSR count). The Bertz CT molecular complexity index is 923. The molecule has 1 unspecified atom stereocenters. The number of aromatic nitrogens is 2. The van der Waals surface area contributed by atoms with Crippen LogP contribution < -0.4 is 10.1 Å². The van der Waals surface area contributed by atoms with Gasteiger partial charge in [0.05, 0.1) is 12.6 Å². The van der Waals surface area contributed by atoms with Crippen molar-refractivity contribution in [3.05, 3.63) is 46.8 Å². The zero-order valence-corrected chi connectivity index (χ0v) is 16.0. The van der Waals surface area contributed by atoms with Gasteiger partial charge < -0.3 is 15.0 Å². The molecule has 0 fully saturated rings. The first-order valence-corrected chi connectivity index (χ1v) is 8.87. The van der Waals surface area contributed by atoms with Crippen molar-refractivity contribution in [2.45, 2.75) is 38.8 Å². The summed E-state index contributed by atoms with van der Waals surface area (Å²) in [5.74, 6) is -3.93. The summed E-state index contributed by atoms with van der Waals surface area (Å²) in [6.45, 7) is 2.28. The van der Waals surface area contributed by atoms with Crippen LogP contribution in [-0.2, 0) is 6.54 Å². The van der Waals surface area contributed by atoms with Crippen LogP contribution in [0.25, 0.3) is 0 Å². The van der Waals surface area contributed by atoms with Gasteiger partial charge in [-0.25, -0.2) is 18.7 Å². The minimum absolute atomic E-state index is 0.152. The van der Waals surface area contributed by atoms with Crippen molar-refractivity contribution in [1.82, 2.24) is 14.9 Å². The normalized spacial score (nSPS) is 14.9. The third kappa shape index (κ3) is 3.96. The molecule has 0 radical (unpaired) electrons. The van der Waals surface area contributed by atoms with Crippen LogP contribution in [0.3, 0.4) is 0 Å². The summed E-state index contributed by atoms with van der Waals surface area (Å²) in [4.78, 5) is 22.6. The predicted molar refractivity (Wildman–Crippen MR) is 97.5 cm³/mol. The molecule has 1 amide bonds. The Morgan fingerprint density at radius 1 is 1.34 bits per heavy atom. The molecule has 156 valence electrons. The number of aryl methyl sites for hydroxylation is 1. The van der Waals surface area contributed by atoms with Crippen LogP contribution >= 0.6 is 0 Å². The molecule has 2 aromatic rings. The number of anilines is 1. The van der Waals surface area contributed by atoms with E-state index in [1.807, 2.05) is 6.92 Å². The Kier molecular flexibility index (Phi) is 5.63. The van der Waals surface area contributed by atoms with Crippen molar-refractivity contribution in [3.8, 4) is 5.88 Å². The van der Waals surface area contributed by atoms with Gasteiger partial charge in [0.2, 0.25) is 5.88 Å². The van der Waals surface area contributed by atoms with E-state index in [9.17, 15) is 22.4 Å². The van der Waals surface area contributed by atoms with Crippen molar-refractivity contribution < 1.29 is 27.1 Å². The second-order valence-corrected chi connectivity index (χ2v) is 6.79. The summed E-state index contributed by atoms with van der Waals surface area (Å²) in [5, 5.41) is 2.96. The van der Waals surface area contributed by atoms with Crippen molar-refractivity contribution in [1.29, 1.82) is 0 Å². The Labute approximate surface area is 164 Å². The zero-order valence-electron chi connectivity index (χ0n) is 16.0. The molecule has 6 nitrogen and oxygen atoms in total. The van der Waals surface area contributed by atoms with E-state index in [-0.39, 0.29) is 17.8 Å². The number of nitrogens with zero attached hydrogens (tertiary/aromatic N) is 3. The van der Waals surface area contributed by atoms with E-state index in [0.717, 1.165) is 5.56 Å². The number of carbonyl (C=O) groups is 1. The summed E-state index contributed by atoms with van der Waals surface area (Å²) < 4.78 is 55.4. The van der Waals surface area contributed by atoms with Gasteiger partial charge in [-0.1, -0.05) is 0 Å². The van der Waals surface area contributed by atoms with Crippen LogP contribution in [0, 0.1) is 6.92 Å². The maximum Gasteiger partial charge on any atom is 0.340 e. The third-order valence-corrected chi connectivity index (χ3v) is 4.83. The molecule has 10 heteroatoms. The van der Waals surface area contributed by atoms with Crippen molar-refractivity contribution in [3.63, 3.8) is 0 Å². The number of nitrogens with one attached hydrogen (secondary N) is 1. The maximum absolute atomic E-state index is 13.1. The number of fused-ring (bicyclic) bond motifs is 1. The molecule has 0 bridgehead atoms. The molecule has 0 spiro atoms. The first-order valence-electron chi connectivity index (χ1n) is 8.87. The molecule has 1 N–H and O–H groups in total. The summed E-state index contributed by atoms with van der Waals surface area (Å²) in [6.07, 6.45) is -0.869. The smallest absolute Gasteiger partial charge is 0.340 e. The number of rotatable bonds is 7. The number of hydrogen-bond donors (Lipinski definition) is 1. The van der Waals surface area contributed by atoms with E-state index in [1.54, 1.807) is 37.2 Å². The molecule has 0 aliphatic carbocycles. The highest BCUT2D eigenvalue weighted by molar-refractivity contribution is 5.99. The van der Waals surface area contributed by atoms with E-state index < -0.39 is 19.0 Å². The standard InChI is InChI=1S/C19H20F4N4O2/c1-10-6-12(7-26-16(10)29-9-19(22,23)18(20)21)11(2)27-8-14-13(17(27)28)4-5-25-15(14)24-3/h4-7,11,18H,8-9H2,1-3H3,(H,24,25). The Balaban J connectivity index is 1.76. The number of carbonyl (C=O) groups excluding carboxylic acids is 1. The van der Waals surface area contributed by atoms with Crippen molar-refractivity contribution in [2.75, 3.05) is 19.0 Å². The van der Waals surface area contributed by atoms with Gasteiger partial charge in [0.1, 0.15) is 5.82 Å². The topological polar surface area (TPSA) is 67.3 Å². The van der Waals surface area contributed by atoms with Gasteiger partial charge >= 0.3 is 12.3 Å². The van der Waals surface area contributed by atoms with E-state index in [2.05, 4.69) is 15.3 Å². The Hall–Kier alpha value is -2.91. The maximum atomic E-state index is 13.1. The van der Waals surface area contributed by atoms with Gasteiger partial charge in [0, 0.05) is 36.1 Å². The molecule has 1 atom stereocenters. The molecule has 2 aromatic heterocycles. The van der Waals surface area contributed by atoms with Crippen LogP contribution in [-0.4, -0.2) is 46.8 Å². The lowest BCUT2D eigenvalue weighted by molar-refractivity contribution is -0.148. The van der Waals surface area contributed by atoms with Crippen molar-refractivity contribution >= 4 is 11.7 Å². The van der Waals surface area contributed by atoms with Crippen LogP contribution in [0.1, 0.15) is 40.0 Å². The summed E-state index contributed by atoms with van der Waals surface area (Å²) >= 11 is 0. The van der Waals surface area contributed by atoms with Crippen molar-refractivity contribution in [2.24, 2.45) is 0 Å². The first kappa shape index (κ1) is 20.8. The quantitative estimate of drug-likeness (QED) is 0.701. The molecule has 29 heavy (non-hydrogen) atoms. The second kappa shape index (κ2) is 7.84. The lowest BCUT2D eigenvalue weighted by Gasteiger charge is -2.25. The second-order valence-electron chi connectivity index (χ2n) is 6.79. The molecule has 0 saturated heterocycles. The summed E-state index contributed by atoms with van der Waals surface area (Å²) in [6, 6.07) is 2.94. The minimum Gasteiger partial charge on any atom is -0.471 e. The number of hydrogen-bond acceptors (Lipinski definition) is 5. The lowest BCUT2D eigenvalue weighted by atomic mass is 10.1. The van der Waals surface area contributed by atoms with Gasteiger partial charge in [-0.05, 0) is 31.5 Å². The molecular weight excluding hydrogens is 392 g/mol. The molecule has 0 saturated carbocycles. The van der Waals surface area contributed by atoms with Gasteiger partial charge in [0.25, 0.3) is 5.91 Å². The van der Waals surface area contributed by atoms with Gasteiger partial charge in [-0.3, -0.25) is 4.79 Å². The predicted octanol–water partition coefficient (Wildman–Crippen LogP) is 3.82. The molecule has 3 heterocycles. The fourth-order valence-electron chi connectivity index (χ4n) is 3.15. The van der Waals surface area contributed by atoms with E-state index in [1.165, 1.54) is 6.20 Å². The lowest BCUT2D eigenvalue weighted by Crippen LogP contribution is -2.34. The number of amides is 1. The highest BCUT2D eigenvalue weighted by Crippen LogP contribution is 2.34. The van der Waals surface area contributed by atoms with E-state index in [0.29, 0.717) is 29.1 Å². The van der Waals surface area contributed by atoms with Gasteiger partial charge in [0.15, 0.2) is 6.61 Å². The highest BCUT2D eigenvalue weighted by Gasteiger charge is 2.42. The van der Waals surface area contributed by atoms with Crippen LogP contribution in [0.5, 0.6) is 5.88 Å². The first-order chi connectivity index (χ1) is 13.7. The number of alkyl halides is 4. The fourth-order valence-corrected chi connectivity index (χ4v) is 3.15. The summed E-state index contributed by atoms with van der Waals surface area (Å²) in [7, 11) is 1.72. The molecule has 0 aromatic carbocycles. The Morgan fingerprint density at radius 3 is 2.69 bits per heavy atom. The molecule has 1 aliphatic heterocycles. The number of ether oxygens (including phenoxy) is 1. The van der Waals surface area contributed by atoms with Crippen LogP contribution in [0.4, 0.5) is 23.4 Å².